The number of piperidine rings is 1. The second kappa shape index (κ2) is 4.71. The molecule has 3 rings (SSSR count). The minimum Gasteiger partial charge on any atom is -0.449 e. The van der Waals surface area contributed by atoms with Crippen LogP contribution in [0.2, 0.25) is 0 Å². The number of rotatable bonds is 2. The van der Waals surface area contributed by atoms with E-state index in [-0.39, 0.29) is 6.09 Å². The number of nitrogens with zero attached hydrogens (tertiary/aromatic N) is 1. The van der Waals surface area contributed by atoms with Gasteiger partial charge in [0.25, 0.3) is 0 Å². The van der Waals surface area contributed by atoms with E-state index in [1.165, 1.54) is 32.1 Å². The van der Waals surface area contributed by atoms with Crippen LogP contribution >= 0.6 is 0 Å². The van der Waals surface area contributed by atoms with Crippen LogP contribution in [-0.4, -0.2) is 30.7 Å². The highest BCUT2D eigenvalue weighted by molar-refractivity contribution is 5.68. The lowest BCUT2D eigenvalue weighted by molar-refractivity contribution is 0.0698. The van der Waals surface area contributed by atoms with Crippen molar-refractivity contribution < 1.29 is 9.53 Å². The maximum Gasteiger partial charge on any atom is 0.409 e. The summed E-state index contributed by atoms with van der Waals surface area (Å²) in [6.45, 7) is 2.37. The summed E-state index contributed by atoms with van der Waals surface area (Å²) in [6.07, 6.45) is 8.47. The Morgan fingerprint density at radius 1 is 1.12 bits per heavy atom. The number of hydrogen-bond donors (Lipinski definition) is 0. The van der Waals surface area contributed by atoms with Crippen molar-refractivity contribution in [3.63, 3.8) is 0 Å². The van der Waals surface area contributed by atoms with Gasteiger partial charge < -0.3 is 9.64 Å². The first-order valence-corrected chi connectivity index (χ1v) is 6.94. The molecule has 3 heteroatoms. The average molecular weight is 235 g/mol. The zero-order chi connectivity index (χ0) is 11.7. The van der Waals surface area contributed by atoms with E-state index in [1.807, 2.05) is 4.90 Å². The summed E-state index contributed by atoms with van der Waals surface area (Å²) in [4.78, 5) is 13.7. The summed E-state index contributed by atoms with van der Waals surface area (Å²) in [5.74, 6) is 0.646. The van der Waals surface area contributed by atoms with Crippen LogP contribution in [0.4, 0.5) is 4.79 Å². The Kier molecular flexibility index (Phi) is 3.08. The number of amides is 1. The Labute approximate surface area is 103 Å². The molecular weight excluding hydrogens is 214 g/mol. The van der Waals surface area contributed by atoms with Crippen molar-refractivity contribution in [1.82, 2.24) is 4.90 Å². The quantitative estimate of drug-likeness (QED) is 0.688. The first-order valence-electron chi connectivity index (χ1n) is 6.94. The maximum absolute atomic E-state index is 11.8. The maximum atomic E-state index is 11.8. The minimum atomic E-state index is -0.0863. The molecular formula is C14H21NO2. The van der Waals surface area contributed by atoms with E-state index in [2.05, 4.69) is 0 Å². The third-order valence-corrected chi connectivity index (χ3v) is 4.29. The monoisotopic (exact) mass is 235 g/mol. The Morgan fingerprint density at radius 3 is 2.29 bits per heavy atom. The number of likely N-dealkylation sites (tertiary alicyclic amines) is 1. The fraction of sp³-hybridized carbons (Fsp3) is 0.786. The summed E-state index contributed by atoms with van der Waals surface area (Å²) in [5, 5.41) is 0. The lowest BCUT2D eigenvalue weighted by Crippen LogP contribution is -2.37. The zero-order valence-electron chi connectivity index (χ0n) is 10.4. The van der Waals surface area contributed by atoms with Gasteiger partial charge in [-0.05, 0) is 44.4 Å². The highest BCUT2D eigenvalue weighted by Crippen LogP contribution is 2.36. The van der Waals surface area contributed by atoms with Gasteiger partial charge in [-0.1, -0.05) is 17.6 Å². The van der Waals surface area contributed by atoms with Crippen molar-refractivity contribution in [2.75, 3.05) is 19.7 Å². The first-order chi connectivity index (χ1) is 8.33. The molecule has 17 heavy (non-hydrogen) atoms. The molecule has 0 N–H and O–H groups in total. The zero-order valence-corrected chi connectivity index (χ0v) is 10.4. The standard InChI is InChI=1S/C14H21NO2/c16-14(17-10-11-2-1-3-11)15-8-6-13(7-9-15)12-4-5-12/h11H,1-10H2. The summed E-state index contributed by atoms with van der Waals surface area (Å²) < 4.78 is 5.37. The molecule has 0 aromatic rings. The van der Waals surface area contributed by atoms with Gasteiger partial charge in [-0.25, -0.2) is 4.79 Å². The van der Waals surface area contributed by atoms with Crippen LogP contribution in [0, 0.1) is 5.92 Å². The van der Waals surface area contributed by atoms with Gasteiger partial charge in [0.2, 0.25) is 0 Å². The smallest absolute Gasteiger partial charge is 0.409 e. The predicted octanol–water partition coefficient (Wildman–Crippen LogP) is 3.11. The van der Waals surface area contributed by atoms with Crippen molar-refractivity contribution in [1.29, 1.82) is 0 Å². The van der Waals surface area contributed by atoms with Crippen molar-refractivity contribution >= 4 is 6.09 Å². The Hall–Kier alpha value is -0.990. The topological polar surface area (TPSA) is 29.5 Å². The van der Waals surface area contributed by atoms with Crippen molar-refractivity contribution in [3.8, 4) is 0 Å². The van der Waals surface area contributed by atoms with Gasteiger partial charge in [0.1, 0.15) is 0 Å². The number of hydrogen-bond acceptors (Lipinski definition) is 2. The third-order valence-electron chi connectivity index (χ3n) is 4.29. The van der Waals surface area contributed by atoms with Gasteiger partial charge in [-0.15, -0.1) is 0 Å². The number of allylic oxidation sites excluding steroid dienone is 1. The van der Waals surface area contributed by atoms with Crippen molar-refractivity contribution in [2.24, 2.45) is 5.92 Å². The summed E-state index contributed by atoms with van der Waals surface area (Å²) in [5.41, 5.74) is 3.28. The lowest BCUT2D eigenvalue weighted by atomic mass is 9.86. The highest BCUT2D eigenvalue weighted by atomic mass is 16.6. The van der Waals surface area contributed by atoms with E-state index in [0.29, 0.717) is 12.5 Å². The van der Waals surface area contributed by atoms with Crippen LogP contribution in [0.5, 0.6) is 0 Å². The fourth-order valence-electron chi connectivity index (χ4n) is 2.67. The molecule has 3 fully saturated rings. The number of carbonyl (C=O) groups is 1. The van der Waals surface area contributed by atoms with E-state index >= 15 is 0 Å². The van der Waals surface area contributed by atoms with Gasteiger partial charge in [-0.3, -0.25) is 0 Å². The van der Waals surface area contributed by atoms with E-state index in [0.717, 1.165) is 25.9 Å². The van der Waals surface area contributed by atoms with Gasteiger partial charge in [0.05, 0.1) is 6.61 Å². The van der Waals surface area contributed by atoms with Crippen LogP contribution in [-0.2, 0) is 4.74 Å². The average Bonchev–Trinajstić information content (AvgIpc) is 3.11. The SMILES string of the molecule is O=C(OCC1CCC1)N1CCC(=C2CC2)CC1. The fourth-order valence-corrected chi connectivity index (χ4v) is 2.67. The molecule has 1 heterocycles. The lowest BCUT2D eigenvalue weighted by Gasteiger charge is -2.30. The molecule has 1 aliphatic heterocycles. The van der Waals surface area contributed by atoms with Gasteiger partial charge >= 0.3 is 6.09 Å². The number of ether oxygens (including phenoxy) is 1. The molecule has 0 radical (unpaired) electrons. The molecule has 0 spiro atoms. The van der Waals surface area contributed by atoms with Crippen LogP contribution in [0.25, 0.3) is 0 Å². The molecule has 2 saturated carbocycles. The molecule has 1 amide bonds. The normalized spacial score (nSPS) is 24.6. The Bertz CT molecular complexity index is 328. The van der Waals surface area contributed by atoms with Crippen LogP contribution in [0.15, 0.2) is 11.1 Å². The van der Waals surface area contributed by atoms with Crippen molar-refractivity contribution in [3.05, 3.63) is 11.1 Å². The summed E-state index contributed by atoms with van der Waals surface area (Å²) >= 11 is 0. The van der Waals surface area contributed by atoms with E-state index in [9.17, 15) is 4.79 Å². The molecule has 0 aromatic heterocycles. The molecule has 0 atom stereocenters. The van der Waals surface area contributed by atoms with Gasteiger partial charge in [0.15, 0.2) is 0 Å². The Balaban J connectivity index is 1.42. The second-order valence-corrected chi connectivity index (χ2v) is 5.57. The molecule has 2 aliphatic carbocycles. The Morgan fingerprint density at radius 2 is 1.76 bits per heavy atom. The van der Waals surface area contributed by atoms with Crippen LogP contribution in [0.3, 0.4) is 0 Å². The van der Waals surface area contributed by atoms with Gasteiger partial charge in [0, 0.05) is 13.1 Å². The molecule has 0 unspecified atom stereocenters. The van der Waals surface area contributed by atoms with E-state index in [4.69, 9.17) is 4.74 Å². The molecule has 3 nitrogen and oxygen atoms in total. The molecule has 1 saturated heterocycles. The first kappa shape index (κ1) is 11.1. The summed E-state index contributed by atoms with van der Waals surface area (Å²) in [7, 11) is 0. The van der Waals surface area contributed by atoms with Crippen LogP contribution in [0.1, 0.15) is 44.9 Å². The highest BCUT2D eigenvalue weighted by Gasteiger charge is 2.26. The minimum absolute atomic E-state index is 0.0863. The van der Waals surface area contributed by atoms with E-state index in [1.54, 1.807) is 11.1 Å². The second-order valence-electron chi connectivity index (χ2n) is 5.57. The molecule has 0 aromatic carbocycles. The van der Waals surface area contributed by atoms with Crippen molar-refractivity contribution in [2.45, 2.75) is 44.9 Å². The largest absolute Gasteiger partial charge is 0.449 e. The predicted molar refractivity (Wildman–Crippen MR) is 65.8 cm³/mol. The van der Waals surface area contributed by atoms with Gasteiger partial charge in [-0.2, -0.15) is 0 Å². The summed E-state index contributed by atoms with van der Waals surface area (Å²) in [6, 6.07) is 0. The third kappa shape index (κ3) is 2.64. The molecule has 3 aliphatic rings. The molecule has 94 valence electrons. The van der Waals surface area contributed by atoms with Crippen LogP contribution < -0.4 is 0 Å². The van der Waals surface area contributed by atoms with E-state index < -0.39 is 0 Å². The number of carbonyl (C=O) groups excluding carboxylic acids is 1. The molecule has 0 bridgehead atoms.